The third-order valence-electron chi connectivity index (χ3n) is 2.27. The molecule has 0 atom stereocenters. The molecule has 0 N–H and O–H groups in total. The number of hydrogen-bond acceptors (Lipinski definition) is 1. The zero-order valence-electron chi connectivity index (χ0n) is 8.39. The second-order valence-corrected chi connectivity index (χ2v) is 3.67. The van der Waals surface area contributed by atoms with Gasteiger partial charge in [0.25, 0.3) is 0 Å². The molecule has 0 saturated heterocycles. The molecule has 1 heteroatoms. The van der Waals surface area contributed by atoms with E-state index in [4.69, 9.17) is 0 Å². The van der Waals surface area contributed by atoms with Crippen molar-refractivity contribution in [3.63, 3.8) is 0 Å². The van der Waals surface area contributed by atoms with E-state index < -0.39 is 0 Å². The van der Waals surface area contributed by atoms with Gasteiger partial charge < -0.3 is 4.90 Å². The molecule has 1 rings (SSSR count). The van der Waals surface area contributed by atoms with Crippen LogP contribution in [0.15, 0.2) is 35.7 Å². The summed E-state index contributed by atoms with van der Waals surface area (Å²) in [6.45, 7) is 10.5. The van der Waals surface area contributed by atoms with E-state index >= 15 is 0 Å². The molecule has 0 spiro atoms. The van der Waals surface area contributed by atoms with Gasteiger partial charge in [-0.2, -0.15) is 0 Å². The number of hydrogen-bond donors (Lipinski definition) is 0. The third kappa shape index (κ3) is 1.60. The molecule has 0 saturated carbocycles. The summed E-state index contributed by atoms with van der Waals surface area (Å²) >= 11 is 0. The molecule has 0 bridgehead atoms. The summed E-state index contributed by atoms with van der Waals surface area (Å²) in [6.07, 6.45) is 4.37. The SMILES string of the molecule is C=C1C(C)=CC(C(C)C)=CN1C. The second kappa shape index (κ2) is 3.18. The van der Waals surface area contributed by atoms with Crippen LogP contribution in [0.2, 0.25) is 0 Å². The molecule has 1 nitrogen and oxygen atoms in total. The molecule has 12 heavy (non-hydrogen) atoms. The van der Waals surface area contributed by atoms with Crippen molar-refractivity contribution >= 4 is 0 Å². The lowest BCUT2D eigenvalue weighted by molar-refractivity contribution is 0.556. The topological polar surface area (TPSA) is 3.24 Å². The predicted molar refractivity (Wildman–Crippen MR) is 53.6 cm³/mol. The third-order valence-corrected chi connectivity index (χ3v) is 2.27. The summed E-state index contributed by atoms with van der Waals surface area (Å²) in [6, 6.07) is 0. The first-order valence-electron chi connectivity index (χ1n) is 4.34. The first-order chi connectivity index (χ1) is 5.52. The molecule has 0 amide bonds. The smallest absolute Gasteiger partial charge is 0.0360 e. The normalized spacial score (nSPS) is 18.1. The van der Waals surface area contributed by atoms with Gasteiger partial charge in [0, 0.05) is 18.9 Å². The van der Waals surface area contributed by atoms with E-state index in [2.05, 4.69) is 44.5 Å². The van der Waals surface area contributed by atoms with Crippen molar-refractivity contribution in [2.45, 2.75) is 20.8 Å². The summed E-state index contributed by atoms with van der Waals surface area (Å²) in [4.78, 5) is 2.09. The van der Waals surface area contributed by atoms with Crippen molar-refractivity contribution in [3.8, 4) is 0 Å². The van der Waals surface area contributed by atoms with Gasteiger partial charge in [-0.25, -0.2) is 0 Å². The number of allylic oxidation sites excluding steroid dienone is 3. The summed E-state index contributed by atoms with van der Waals surface area (Å²) in [7, 11) is 2.04. The van der Waals surface area contributed by atoms with Gasteiger partial charge in [-0.05, 0) is 24.0 Å². The minimum Gasteiger partial charge on any atom is -0.351 e. The van der Waals surface area contributed by atoms with Crippen molar-refractivity contribution in [3.05, 3.63) is 35.7 Å². The highest BCUT2D eigenvalue weighted by molar-refractivity contribution is 5.39. The highest BCUT2D eigenvalue weighted by Gasteiger charge is 2.11. The van der Waals surface area contributed by atoms with Gasteiger partial charge >= 0.3 is 0 Å². The van der Waals surface area contributed by atoms with Crippen molar-refractivity contribution in [1.82, 2.24) is 4.90 Å². The average molecular weight is 163 g/mol. The molecule has 1 aliphatic heterocycles. The molecule has 0 aromatic heterocycles. The highest BCUT2D eigenvalue weighted by Crippen LogP contribution is 2.24. The van der Waals surface area contributed by atoms with Gasteiger partial charge in [-0.15, -0.1) is 0 Å². The van der Waals surface area contributed by atoms with E-state index in [0.717, 1.165) is 5.70 Å². The molecule has 66 valence electrons. The standard InChI is InChI=1S/C11H17N/c1-8(2)11-6-9(3)10(4)12(5)7-11/h6-8H,4H2,1-3,5H3. The molecule has 0 fully saturated rings. The van der Waals surface area contributed by atoms with E-state index in [-0.39, 0.29) is 0 Å². The first kappa shape index (κ1) is 9.11. The van der Waals surface area contributed by atoms with Gasteiger partial charge in [0.1, 0.15) is 0 Å². The Morgan fingerprint density at radius 2 is 2.00 bits per heavy atom. The lowest BCUT2D eigenvalue weighted by Gasteiger charge is -2.25. The zero-order valence-corrected chi connectivity index (χ0v) is 8.39. The molecule has 0 aromatic carbocycles. The highest BCUT2D eigenvalue weighted by atomic mass is 15.1. The Morgan fingerprint density at radius 3 is 2.42 bits per heavy atom. The monoisotopic (exact) mass is 163 g/mol. The average Bonchev–Trinajstić information content (AvgIpc) is 1.99. The van der Waals surface area contributed by atoms with E-state index in [1.807, 2.05) is 7.05 Å². The lowest BCUT2D eigenvalue weighted by atomic mass is 9.98. The Balaban J connectivity index is 2.95. The minimum atomic E-state index is 0.593. The minimum absolute atomic E-state index is 0.593. The van der Waals surface area contributed by atoms with Crippen LogP contribution in [-0.2, 0) is 0 Å². The van der Waals surface area contributed by atoms with E-state index in [1.165, 1.54) is 11.1 Å². The summed E-state index contributed by atoms with van der Waals surface area (Å²) < 4.78 is 0. The van der Waals surface area contributed by atoms with Crippen LogP contribution in [0.4, 0.5) is 0 Å². The fourth-order valence-corrected chi connectivity index (χ4v) is 1.27. The van der Waals surface area contributed by atoms with Gasteiger partial charge in [0.15, 0.2) is 0 Å². The summed E-state index contributed by atoms with van der Waals surface area (Å²) in [5.41, 5.74) is 3.74. The largest absolute Gasteiger partial charge is 0.351 e. The van der Waals surface area contributed by atoms with Gasteiger partial charge in [0.05, 0.1) is 0 Å². The van der Waals surface area contributed by atoms with Crippen LogP contribution in [-0.4, -0.2) is 11.9 Å². The van der Waals surface area contributed by atoms with Crippen molar-refractivity contribution in [2.24, 2.45) is 5.92 Å². The fourth-order valence-electron chi connectivity index (χ4n) is 1.27. The maximum absolute atomic E-state index is 3.98. The van der Waals surface area contributed by atoms with Crippen LogP contribution >= 0.6 is 0 Å². The molecule has 1 aliphatic rings. The number of rotatable bonds is 1. The maximum atomic E-state index is 3.98. The first-order valence-corrected chi connectivity index (χ1v) is 4.34. The Hall–Kier alpha value is -0.980. The molecular weight excluding hydrogens is 146 g/mol. The van der Waals surface area contributed by atoms with E-state index in [1.54, 1.807) is 0 Å². The van der Waals surface area contributed by atoms with Gasteiger partial charge in [-0.1, -0.05) is 26.5 Å². The Bertz CT molecular complexity index is 256. The molecule has 0 radical (unpaired) electrons. The molecule has 0 aliphatic carbocycles. The van der Waals surface area contributed by atoms with Crippen molar-refractivity contribution in [1.29, 1.82) is 0 Å². The van der Waals surface area contributed by atoms with Gasteiger partial charge in [0.2, 0.25) is 0 Å². The van der Waals surface area contributed by atoms with Crippen molar-refractivity contribution < 1.29 is 0 Å². The van der Waals surface area contributed by atoms with Crippen molar-refractivity contribution in [2.75, 3.05) is 7.05 Å². The van der Waals surface area contributed by atoms with Crippen LogP contribution in [0.1, 0.15) is 20.8 Å². The molecular formula is C11H17N. The quantitative estimate of drug-likeness (QED) is 0.574. The lowest BCUT2D eigenvalue weighted by Crippen LogP contribution is -2.16. The van der Waals surface area contributed by atoms with Gasteiger partial charge in [-0.3, -0.25) is 0 Å². The van der Waals surface area contributed by atoms with Crippen LogP contribution < -0.4 is 0 Å². The fraction of sp³-hybridized carbons (Fsp3) is 0.455. The number of nitrogens with zero attached hydrogens (tertiary/aromatic N) is 1. The van der Waals surface area contributed by atoms with E-state index in [0.29, 0.717) is 5.92 Å². The Labute approximate surface area is 75.1 Å². The Morgan fingerprint density at radius 1 is 1.42 bits per heavy atom. The van der Waals surface area contributed by atoms with Crippen LogP contribution in [0.5, 0.6) is 0 Å². The molecule has 0 unspecified atom stereocenters. The zero-order chi connectivity index (χ0) is 9.30. The second-order valence-electron chi connectivity index (χ2n) is 3.67. The summed E-state index contributed by atoms with van der Waals surface area (Å²) in [5.74, 6) is 0.593. The molecule has 0 aromatic rings. The maximum Gasteiger partial charge on any atom is 0.0360 e. The molecule has 1 heterocycles. The number of likely N-dealkylation sites (N-methyl/N-ethyl adjacent to an activating group) is 1. The summed E-state index contributed by atoms with van der Waals surface area (Å²) in [5, 5.41) is 0. The van der Waals surface area contributed by atoms with E-state index in [9.17, 15) is 0 Å². The van der Waals surface area contributed by atoms with Crippen LogP contribution in [0.3, 0.4) is 0 Å². The Kier molecular flexibility index (Phi) is 2.41. The predicted octanol–water partition coefficient (Wildman–Crippen LogP) is 2.93. The van der Waals surface area contributed by atoms with Crippen LogP contribution in [0, 0.1) is 5.92 Å². The van der Waals surface area contributed by atoms with Crippen LogP contribution in [0.25, 0.3) is 0 Å².